The number of hydrogen-bond donors (Lipinski definition) is 1. The summed E-state index contributed by atoms with van der Waals surface area (Å²) >= 11 is 0. The molecule has 3 nitrogen and oxygen atoms in total. The van der Waals surface area contributed by atoms with Gasteiger partial charge in [-0.25, -0.2) is 0 Å². The molecule has 2 aliphatic rings. The SMILES string of the molecule is c1ccc2c(c1)OCC(c1ccc3c(c1)CCNC3)O2. The molecule has 102 valence electrons. The van der Waals surface area contributed by atoms with Crippen molar-refractivity contribution in [3.05, 3.63) is 59.2 Å². The first-order chi connectivity index (χ1) is 9.90. The van der Waals surface area contributed by atoms with Gasteiger partial charge in [-0.2, -0.15) is 0 Å². The Bertz CT molecular complexity index is 639. The van der Waals surface area contributed by atoms with Crippen molar-refractivity contribution >= 4 is 0 Å². The number of benzene rings is 2. The molecule has 20 heavy (non-hydrogen) atoms. The van der Waals surface area contributed by atoms with E-state index < -0.39 is 0 Å². The van der Waals surface area contributed by atoms with Crippen molar-refractivity contribution < 1.29 is 9.47 Å². The minimum absolute atomic E-state index is 0.00918. The Labute approximate surface area is 118 Å². The fourth-order valence-electron chi connectivity index (χ4n) is 2.88. The lowest BCUT2D eigenvalue weighted by atomic mass is 9.96. The van der Waals surface area contributed by atoms with E-state index in [1.807, 2.05) is 24.3 Å². The summed E-state index contributed by atoms with van der Waals surface area (Å²) in [5, 5.41) is 3.40. The van der Waals surface area contributed by atoms with E-state index in [4.69, 9.17) is 9.47 Å². The van der Waals surface area contributed by atoms with Gasteiger partial charge < -0.3 is 14.8 Å². The lowest BCUT2D eigenvalue weighted by molar-refractivity contribution is 0.0912. The molecule has 2 aromatic rings. The Morgan fingerprint density at radius 2 is 1.90 bits per heavy atom. The highest BCUT2D eigenvalue weighted by molar-refractivity contribution is 5.42. The molecule has 0 saturated heterocycles. The first-order valence-electron chi connectivity index (χ1n) is 7.11. The van der Waals surface area contributed by atoms with Crippen LogP contribution in [0.5, 0.6) is 11.5 Å². The fourth-order valence-corrected chi connectivity index (χ4v) is 2.88. The Hall–Kier alpha value is -2.00. The van der Waals surface area contributed by atoms with Crippen molar-refractivity contribution in [2.24, 2.45) is 0 Å². The average Bonchev–Trinajstić information content (AvgIpc) is 2.54. The fraction of sp³-hybridized carbons (Fsp3) is 0.294. The second-order valence-electron chi connectivity index (χ2n) is 5.32. The summed E-state index contributed by atoms with van der Waals surface area (Å²) in [4.78, 5) is 0. The van der Waals surface area contributed by atoms with Gasteiger partial charge in [0.2, 0.25) is 0 Å². The highest BCUT2D eigenvalue weighted by Crippen LogP contribution is 2.36. The zero-order valence-electron chi connectivity index (χ0n) is 11.3. The van der Waals surface area contributed by atoms with Crippen LogP contribution in [0.15, 0.2) is 42.5 Å². The standard InChI is InChI=1S/C17H17NO2/c1-2-4-16-15(3-1)19-11-17(20-16)13-5-6-14-10-18-8-7-12(14)9-13/h1-6,9,17-18H,7-8,10-11H2. The van der Waals surface area contributed by atoms with Crippen molar-refractivity contribution in [3.63, 3.8) is 0 Å². The van der Waals surface area contributed by atoms with Gasteiger partial charge in [0.15, 0.2) is 17.6 Å². The van der Waals surface area contributed by atoms with Gasteiger partial charge in [0.1, 0.15) is 6.61 Å². The average molecular weight is 267 g/mol. The second kappa shape index (κ2) is 4.84. The number of fused-ring (bicyclic) bond motifs is 2. The molecule has 3 heteroatoms. The van der Waals surface area contributed by atoms with E-state index in [0.717, 1.165) is 31.0 Å². The Morgan fingerprint density at radius 1 is 1.00 bits per heavy atom. The van der Waals surface area contributed by atoms with E-state index >= 15 is 0 Å². The molecule has 0 amide bonds. The van der Waals surface area contributed by atoms with Crippen LogP contribution in [0.4, 0.5) is 0 Å². The number of ether oxygens (including phenoxy) is 2. The third-order valence-corrected chi connectivity index (χ3v) is 4.00. The summed E-state index contributed by atoms with van der Waals surface area (Å²) in [5.74, 6) is 1.68. The van der Waals surface area contributed by atoms with Crippen LogP contribution in [0.25, 0.3) is 0 Å². The summed E-state index contributed by atoms with van der Waals surface area (Å²) in [6, 6.07) is 14.5. The van der Waals surface area contributed by atoms with Gasteiger partial charge >= 0.3 is 0 Å². The Morgan fingerprint density at radius 3 is 2.85 bits per heavy atom. The molecule has 0 spiro atoms. The molecule has 0 saturated carbocycles. The molecule has 4 rings (SSSR count). The first kappa shape index (κ1) is 11.8. The number of para-hydroxylation sites is 2. The number of hydrogen-bond acceptors (Lipinski definition) is 3. The van der Waals surface area contributed by atoms with E-state index in [1.54, 1.807) is 0 Å². The monoisotopic (exact) mass is 267 g/mol. The molecule has 0 bridgehead atoms. The maximum atomic E-state index is 6.07. The van der Waals surface area contributed by atoms with Crippen molar-refractivity contribution in [2.45, 2.75) is 19.1 Å². The van der Waals surface area contributed by atoms with E-state index in [2.05, 4.69) is 23.5 Å². The minimum atomic E-state index is -0.00918. The van der Waals surface area contributed by atoms with Crippen molar-refractivity contribution in [1.82, 2.24) is 5.32 Å². The largest absolute Gasteiger partial charge is 0.485 e. The van der Waals surface area contributed by atoms with Crippen molar-refractivity contribution in [2.75, 3.05) is 13.2 Å². The summed E-state index contributed by atoms with van der Waals surface area (Å²) in [5.41, 5.74) is 4.04. The van der Waals surface area contributed by atoms with Gasteiger partial charge in [0.25, 0.3) is 0 Å². The lowest BCUT2D eigenvalue weighted by Crippen LogP contribution is -2.25. The van der Waals surface area contributed by atoms with Gasteiger partial charge in [0, 0.05) is 6.54 Å². The molecule has 2 aliphatic heterocycles. The molecule has 2 aromatic carbocycles. The van der Waals surface area contributed by atoms with Crippen molar-refractivity contribution in [1.29, 1.82) is 0 Å². The second-order valence-corrected chi connectivity index (χ2v) is 5.32. The van der Waals surface area contributed by atoms with Crippen LogP contribution < -0.4 is 14.8 Å². The Kier molecular flexibility index (Phi) is 2.85. The van der Waals surface area contributed by atoms with Gasteiger partial charge in [-0.15, -0.1) is 0 Å². The first-order valence-corrected chi connectivity index (χ1v) is 7.11. The van der Waals surface area contributed by atoms with Crippen LogP contribution >= 0.6 is 0 Å². The highest BCUT2D eigenvalue weighted by atomic mass is 16.6. The van der Waals surface area contributed by atoms with Crippen LogP contribution in [-0.2, 0) is 13.0 Å². The van der Waals surface area contributed by atoms with Gasteiger partial charge in [-0.3, -0.25) is 0 Å². The van der Waals surface area contributed by atoms with Crippen LogP contribution in [0.3, 0.4) is 0 Å². The maximum absolute atomic E-state index is 6.07. The zero-order valence-corrected chi connectivity index (χ0v) is 11.3. The summed E-state index contributed by atoms with van der Waals surface area (Å²) < 4.78 is 11.9. The summed E-state index contributed by atoms with van der Waals surface area (Å²) in [6.45, 7) is 2.61. The summed E-state index contributed by atoms with van der Waals surface area (Å²) in [7, 11) is 0. The molecule has 1 N–H and O–H groups in total. The molecule has 2 heterocycles. The predicted molar refractivity (Wildman–Crippen MR) is 77.2 cm³/mol. The van der Waals surface area contributed by atoms with E-state index in [1.165, 1.54) is 16.7 Å². The molecular weight excluding hydrogens is 250 g/mol. The number of rotatable bonds is 1. The van der Waals surface area contributed by atoms with Crippen LogP contribution in [0.1, 0.15) is 22.8 Å². The predicted octanol–water partition coefficient (Wildman–Crippen LogP) is 2.84. The molecule has 0 aliphatic carbocycles. The molecule has 1 unspecified atom stereocenters. The third-order valence-electron chi connectivity index (χ3n) is 4.00. The van der Waals surface area contributed by atoms with E-state index in [9.17, 15) is 0 Å². The molecule has 0 aromatic heterocycles. The highest BCUT2D eigenvalue weighted by Gasteiger charge is 2.23. The molecule has 1 atom stereocenters. The molecule has 0 radical (unpaired) electrons. The van der Waals surface area contributed by atoms with E-state index in [-0.39, 0.29) is 6.10 Å². The van der Waals surface area contributed by atoms with Gasteiger partial charge in [0.05, 0.1) is 0 Å². The van der Waals surface area contributed by atoms with Crippen LogP contribution in [-0.4, -0.2) is 13.2 Å². The van der Waals surface area contributed by atoms with Crippen molar-refractivity contribution in [3.8, 4) is 11.5 Å². The maximum Gasteiger partial charge on any atom is 0.162 e. The smallest absolute Gasteiger partial charge is 0.162 e. The minimum Gasteiger partial charge on any atom is -0.485 e. The van der Waals surface area contributed by atoms with E-state index in [0.29, 0.717) is 6.61 Å². The normalized spacial score (nSPS) is 20.3. The zero-order chi connectivity index (χ0) is 13.4. The van der Waals surface area contributed by atoms with Crippen LogP contribution in [0.2, 0.25) is 0 Å². The third kappa shape index (κ3) is 2.04. The quantitative estimate of drug-likeness (QED) is 0.862. The lowest BCUT2D eigenvalue weighted by Gasteiger charge is -2.28. The summed E-state index contributed by atoms with van der Waals surface area (Å²) in [6.07, 6.45) is 1.08. The van der Waals surface area contributed by atoms with Crippen LogP contribution in [0, 0.1) is 0 Å². The molecule has 0 fully saturated rings. The van der Waals surface area contributed by atoms with Gasteiger partial charge in [-0.1, -0.05) is 30.3 Å². The topological polar surface area (TPSA) is 30.5 Å². The number of nitrogens with one attached hydrogen (secondary N) is 1. The molecular formula is C17H17NO2. The Balaban J connectivity index is 1.63. The van der Waals surface area contributed by atoms with Gasteiger partial charge in [-0.05, 0) is 41.8 Å².